The Bertz CT molecular complexity index is 190. The second-order valence-electron chi connectivity index (χ2n) is 4.12. The van der Waals surface area contributed by atoms with E-state index < -0.39 is 0 Å². The first-order valence-electron chi connectivity index (χ1n) is 5.36. The third kappa shape index (κ3) is 6.62. The van der Waals surface area contributed by atoms with Crippen LogP contribution >= 0.6 is 0 Å². The van der Waals surface area contributed by atoms with E-state index in [2.05, 4.69) is 40.7 Å². The van der Waals surface area contributed by atoms with Gasteiger partial charge in [0.1, 0.15) is 0 Å². The molecule has 0 aliphatic carbocycles. The number of hydrogen-bond acceptors (Lipinski definition) is 0. The third-order valence-corrected chi connectivity index (χ3v) is 2.53. The minimum Gasteiger partial charge on any atom is -0.0856 e. The fourth-order valence-electron chi connectivity index (χ4n) is 1.13. The van der Waals surface area contributed by atoms with Gasteiger partial charge in [-0.3, -0.25) is 0 Å². The summed E-state index contributed by atoms with van der Waals surface area (Å²) in [6.45, 7) is 11.1. The Morgan fingerprint density at radius 1 is 1.00 bits per heavy atom. The predicted molar refractivity (Wildman–Crippen MR) is 61.9 cm³/mol. The van der Waals surface area contributed by atoms with E-state index in [1.54, 1.807) is 11.1 Å². The van der Waals surface area contributed by atoms with Crippen molar-refractivity contribution in [2.45, 2.75) is 60.3 Å². The molecule has 0 saturated heterocycles. The van der Waals surface area contributed by atoms with Crippen molar-refractivity contribution in [2.24, 2.45) is 0 Å². The highest BCUT2D eigenvalue weighted by Gasteiger charge is 1.94. The Kier molecular flexibility index (Phi) is 6.66. The van der Waals surface area contributed by atoms with Crippen LogP contribution in [0.1, 0.15) is 60.3 Å². The van der Waals surface area contributed by atoms with E-state index in [-0.39, 0.29) is 0 Å². The van der Waals surface area contributed by atoms with Gasteiger partial charge in [-0.1, -0.05) is 36.1 Å². The summed E-state index contributed by atoms with van der Waals surface area (Å²) in [5, 5.41) is 0. The maximum absolute atomic E-state index is 2.37. The molecule has 0 fully saturated rings. The van der Waals surface area contributed by atoms with Gasteiger partial charge in [-0.2, -0.15) is 0 Å². The van der Waals surface area contributed by atoms with Crippen molar-refractivity contribution in [3.8, 4) is 0 Å². The normalized spacial score (nSPS) is 11.6. The Labute approximate surface area is 83.7 Å². The van der Waals surface area contributed by atoms with E-state index in [4.69, 9.17) is 0 Å². The molecule has 76 valence electrons. The maximum Gasteiger partial charge on any atom is -0.0283 e. The average molecular weight is 180 g/mol. The number of rotatable bonds is 5. The van der Waals surface area contributed by atoms with Gasteiger partial charge in [0.05, 0.1) is 0 Å². The molecular formula is C13H24. The zero-order valence-corrected chi connectivity index (χ0v) is 9.91. The number of allylic oxidation sites excluding steroid dienone is 4. The molecule has 0 radical (unpaired) electrons. The highest BCUT2D eigenvalue weighted by atomic mass is 14.0. The van der Waals surface area contributed by atoms with Gasteiger partial charge in [-0.25, -0.2) is 0 Å². The molecule has 0 aliphatic rings. The molecule has 0 aromatic carbocycles. The van der Waals surface area contributed by atoms with Crippen LogP contribution in [0, 0.1) is 0 Å². The molecule has 0 aliphatic heterocycles. The fraction of sp³-hybridized carbons (Fsp3) is 0.692. The SMILES string of the molecule is CCCC=C(C)CCC(C)=C(C)C. The summed E-state index contributed by atoms with van der Waals surface area (Å²) >= 11 is 0. The summed E-state index contributed by atoms with van der Waals surface area (Å²) in [6, 6.07) is 0. The monoisotopic (exact) mass is 180 g/mol. The van der Waals surface area contributed by atoms with Crippen LogP contribution in [0.2, 0.25) is 0 Å². The van der Waals surface area contributed by atoms with Gasteiger partial charge in [-0.15, -0.1) is 0 Å². The lowest BCUT2D eigenvalue weighted by Crippen LogP contribution is -1.83. The van der Waals surface area contributed by atoms with Crippen molar-refractivity contribution in [2.75, 3.05) is 0 Å². The lowest BCUT2D eigenvalue weighted by molar-refractivity contribution is 0.879. The van der Waals surface area contributed by atoms with Gasteiger partial charge in [0.25, 0.3) is 0 Å². The first-order chi connectivity index (χ1) is 6.07. The van der Waals surface area contributed by atoms with Crippen molar-refractivity contribution in [3.05, 3.63) is 22.8 Å². The molecular weight excluding hydrogens is 156 g/mol. The quantitative estimate of drug-likeness (QED) is 0.529. The Morgan fingerprint density at radius 2 is 1.62 bits per heavy atom. The highest BCUT2D eigenvalue weighted by Crippen LogP contribution is 2.14. The van der Waals surface area contributed by atoms with E-state index in [1.165, 1.54) is 31.3 Å². The van der Waals surface area contributed by atoms with Crippen LogP contribution in [0.25, 0.3) is 0 Å². The lowest BCUT2D eigenvalue weighted by atomic mass is 10.0. The molecule has 0 unspecified atom stereocenters. The van der Waals surface area contributed by atoms with Gasteiger partial charge in [0.15, 0.2) is 0 Å². The molecule has 0 atom stereocenters. The van der Waals surface area contributed by atoms with Crippen molar-refractivity contribution < 1.29 is 0 Å². The standard InChI is InChI=1S/C13H24/c1-6-7-8-12(4)9-10-13(5)11(2)3/h8H,6-7,9-10H2,1-5H3. The van der Waals surface area contributed by atoms with Crippen molar-refractivity contribution in [3.63, 3.8) is 0 Å². The second kappa shape index (κ2) is 6.94. The minimum atomic E-state index is 1.23. The minimum absolute atomic E-state index is 1.23. The van der Waals surface area contributed by atoms with Gasteiger partial charge < -0.3 is 0 Å². The van der Waals surface area contributed by atoms with Crippen LogP contribution in [-0.4, -0.2) is 0 Å². The van der Waals surface area contributed by atoms with E-state index in [0.29, 0.717) is 0 Å². The molecule has 0 N–H and O–H groups in total. The molecule has 13 heavy (non-hydrogen) atoms. The van der Waals surface area contributed by atoms with Gasteiger partial charge >= 0.3 is 0 Å². The summed E-state index contributed by atoms with van der Waals surface area (Å²) in [6.07, 6.45) is 7.34. The van der Waals surface area contributed by atoms with Gasteiger partial charge in [-0.05, 0) is 47.0 Å². The molecule has 0 aromatic heterocycles. The largest absolute Gasteiger partial charge is 0.0856 e. The summed E-state index contributed by atoms with van der Waals surface area (Å²) in [5.41, 5.74) is 4.56. The first-order valence-corrected chi connectivity index (χ1v) is 5.36. The zero-order chi connectivity index (χ0) is 10.3. The topological polar surface area (TPSA) is 0 Å². The Morgan fingerprint density at radius 3 is 2.08 bits per heavy atom. The van der Waals surface area contributed by atoms with Crippen molar-refractivity contribution >= 4 is 0 Å². The lowest BCUT2D eigenvalue weighted by Gasteiger charge is -2.04. The van der Waals surface area contributed by atoms with Crippen molar-refractivity contribution in [1.82, 2.24) is 0 Å². The summed E-state index contributed by atoms with van der Waals surface area (Å²) in [5.74, 6) is 0. The van der Waals surface area contributed by atoms with E-state index >= 15 is 0 Å². The molecule has 0 rings (SSSR count). The van der Waals surface area contributed by atoms with Crippen LogP contribution in [-0.2, 0) is 0 Å². The fourth-order valence-corrected chi connectivity index (χ4v) is 1.13. The first kappa shape index (κ1) is 12.5. The Balaban J connectivity index is 3.83. The maximum atomic E-state index is 2.37. The van der Waals surface area contributed by atoms with Gasteiger partial charge in [0, 0.05) is 0 Å². The Hall–Kier alpha value is -0.520. The van der Waals surface area contributed by atoms with Crippen LogP contribution in [0.5, 0.6) is 0 Å². The third-order valence-electron chi connectivity index (χ3n) is 2.53. The smallest absolute Gasteiger partial charge is 0.0283 e. The zero-order valence-electron chi connectivity index (χ0n) is 9.91. The number of hydrogen-bond donors (Lipinski definition) is 0. The molecule has 0 heterocycles. The van der Waals surface area contributed by atoms with E-state index in [1.807, 2.05) is 0 Å². The predicted octanol–water partition coefficient (Wildman–Crippen LogP) is 4.87. The van der Waals surface area contributed by atoms with Crippen LogP contribution in [0.4, 0.5) is 0 Å². The second-order valence-corrected chi connectivity index (χ2v) is 4.12. The molecule has 0 bridgehead atoms. The molecule has 0 aromatic rings. The summed E-state index contributed by atoms with van der Waals surface area (Å²) in [4.78, 5) is 0. The van der Waals surface area contributed by atoms with Crippen LogP contribution in [0.15, 0.2) is 22.8 Å². The summed E-state index contributed by atoms with van der Waals surface area (Å²) < 4.78 is 0. The molecule has 0 saturated carbocycles. The molecule has 0 nitrogen and oxygen atoms in total. The highest BCUT2D eigenvalue weighted by molar-refractivity contribution is 5.09. The van der Waals surface area contributed by atoms with Crippen molar-refractivity contribution in [1.29, 1.82) is 0 Å². The molecule has 0 amide bonds. The molecule has 0 heteroatoms. The van der Waals surface area contributed by atoms with Gasteiger partial charge in [0.2, 0.25) is 0 Å². The number of unbranched alkanes of at least 4 members (excludes halogenated alkanes) is 1. The van der Waals surface area contributed by atoms with Crippen LogP contribution in [0.3, 0.4) is 0 Å². The molecule has 0 spiro atoms. The van der Waals surface area contributed by atoms with Crippen LogP contribution < -0.4 is 0 Å². The van der Waals surface area contributed by atoms with E-state index in [9.17, 15) is 0 Å². The average Bonchev–Trinajstić information content (AvgIpc) is 2.10. The van der Waals surface area contributed by atoms with E-state index in [0.717, 1.165) is 0 Å². The summed E-state index contributed by atoms with van der Waals surface area (Å²) in [7, 11) is 0.